The standard InChI is InChI=1S/C24H25N3O5/c1-14-10-17-11-18(32-22(17)19-8-9-20(28)27-21(14)19)12-25-23(29)15(2)26-24(30)31-13-16-6-4-3-5-7-16/h3-10,15,18H,11-13H2,1-2H3,(H,25,29)(H,26,30)(H,27,28)/t15-,18?/m1/s1. The summed E-state index contributed by atoms with van der Waals surface area (Å²) in [6.07, 6.45) is -0.244. The molecule has 2 atom stereocenters. The maximum absolute atomic E-state index is 12.4. The Morgan fingerprint density at radius 3 is 2.78 bits per heavy atom. The number of benzene rings is 2. The molecule has 3 aromatic rings. The first-order chi connectivity index (χ1) is 15.4. The Labute approximate surface area is 184 Å². The van der Waals surface area contributed by atoms with E-state index in [9.17, 15) is 14.4 Å². The first kappa shape index (κ1) is 21.4. The molecule has 32 heavy (non-hydrogen) atoms. The number of rotatable bonds is 6. The molecule has 0 aliphatic carbocycles. The number of hydrogen-bond donors (Lipinski definition) is 3. The molecular formula is C24H25N3O5. The Morgan fingerprint density at radius 1 is 1.22 bits per heavy atom. The van der Waals surface area contributed by atoms with Gasteiger partial charge in [-0.05, 0) is 36.6 Å². The molecule has 0 spiro atoms. The van der Waals surface area contributed by atoms with Gasteiger partial charge in [0.25, 0.3) is 0 Å². The van der Waals surface area contributed by atoms with E-state index >= 15 is 0 Å². The minimum atomic E-state index is -0.754. The summed E-state index contributed by atoms with van der Waals surface area (Å²) < 4.78 is 11.2. The van der Waals surface area contributed by atoms with Gasteiger partial charge < -0.3 is 25.1 Å². The number of hydrogen-bond acceptors (Lipinski definition) is 5. The highest BCUT2D eigenvalue weighted by Crippen LogP contribution is 2.36. The van der Waals surface area contributed by atoms with Gasteiger partial charge in [-0.25, -0.2) is 4.79 Å². The number of ether oxygens (including phenoxy) is 2. The van der Waals surface area contributed by atoms with Crippen molar-refractivity contribution in [2.75, 3.05) is 6.54 Å². The lowest BCUT2D eigenvalue weighted by atomic mass is 10.0. The molecule has 1 aliphatic rings. The van der Waals surface area contributed by atoms with Crippen molar-refractivity contribution in [2.45, 2.75) is 39.0 Å². The largest absolute Gasteiger partial charge is 0.487 e. The van der Waals surface area contributed by atoms with E-state index < -0.39 is 12.1 Å². The van der Waals surface area contributed by atoms with Crippen LogP contribution in [0.1, 0.15) is 23.6 Å². The van der Waals surface area contributed by atoms with E-state index in [0.29, 0.717) is 13.0 Å². The number of aryl methyl sites for hydroxylation is 1. The Morgan fingerprint density at radius 2 is 2.00 bits per heavy atom. The maximum atomic E-state index is 12.4. The highest BCUT2D eigenvalue weighted by atomic mass is 16.5. The van der Waals surface area contributed by atoms with Crippen LogP contribution in [0.5, 0.6) is 5.75 Å². The number of amides is 2. The van der Waals surface area contributed by atoms with Crippen LogP contribution >= 0.6 is 0 Å². The molecule has 1 aliphatic heterocycles. The third-order valence-corrected chi connectivity index (χ3v) is 5.42. The van der Waals surface area contributed by atoms with Crippen molar-refractivity contribution in [3.8, 4) is 5.75 Å². The molecule has 0 saturated heterocycles. The SMILES string of the molecule is Cc1cc2c(c3ccc(=O)[nH]c13)OC(CNC(=O)[C@@H](C)NC(=O)OCc1ccccc1)C2. The van der Waals surface area contributed by atoms with Crippen molar-refractivity contribution in [3.63, 3.8) is 0 Å². The first-order valence-corrected chi connectivity index (χ1v) is 10.5. The van der Waals surface area contributed by atoms with E-state index in [4.69, 9.17) is 9.47 Å². The number of carbonyl (C=O) groups is 2. The zero-order chi connectivity index (χ0) is 22.7. The van der Waals surface area contributed by atoms with Crippen LogP contribution in [0.2, 0.25) is 0 Å². The van der Waals surface area contributed by atoms with Crippen LogP contribution in [0.4, 0.5) is 4.79 Å². The van der Waals surface area contributed by atoms with Crippen molar-refractivity contribution < 1.29 is 19.1 Å². The van der Waals surface area contributed by atoms with Gasteiger partial charge in [-0.2, -0.15) is 0 Å². The quantitative estimate of drug-likeness (QED) is 0.551. The molecule has 0 fully saturated rings. The van der Waals surface area contributed by atoms with Gasteiger partial charge in [0.1, 0.15) is 24.5 Å². The van der Waals surface area contributed by atoms with Crippen LogP contribution in [0.25, 0.3) is 10.9 Å². The van der Waals surface area contributed by atoms with Gasteiger partial charge >= 0.3 is 6.09 Å². The molecule has 3 N–H and O–H groups in total. The third-order valence-electron chi connectivity index (χ3n) is 5.42. The Hall–Kier alpha value is -3.81. The zero-order valence-corrected chi connectivity index (χ0v) is 17.9. The fourth-order valence-corrected chi connectivity index (χ4v) is 3.78. The second kappa shape index (κ2) is 9.13. The van der Waals surface area contributed by atoms with Gasteiger partial charge in [-0.15, -0.1) is 0 Å². The number of aromatic amines is 1. The van der Waals surface area contributed by atoms with Gasteiger partial charge in [0.05, 0.1) is 12.1 Å². The van der Waals surface area contributed by atoms with Gasteiger partial charge in [-0.3, -0.25) is 9.59 Å². The van der Waals surface area contributed by atoms with E-state index in [1.54, 1.807) is 13.0 Å². The number of pyridine rings is 1. The lowest BCUT2D eigenvalue weighted by molar-refractivity contribution is -0.123. The van der Waals surface area contributed by atoms with Crippen LogP contribution in [0.15, 0.2) is 53.3 Å². The molecule has 1 aromatic heterocycles. The monoisotopic (exact) mass is 435 g/mol. The van der Waals surface area contributed by atoms with Crippen molar-refractivity contribution in [1.29, 1.82) is 0 Å². The van der Waals surface area contributed by atoms with Crippen molar-refractivity contribution in [1.82, 2.24) is 15.6 Å². The molecule has 0 bridgehead atoms. The summed E-state index contributed by atoms with van der Waals surface area (Å²) in [6.45, 7) is 3.96. The second-order valence-corrected chi connectivity index (χ2v) is 7.91. The normalized spacial score (nSPS) is 15.5. The molecular weight excluding hydrogens is 410 g/mol. The molecule has 1 unspecified atom stereocenters. The average molecular weight is 435 g/mol. The van der Waals surface area contributed by atoms with Crippen LogP contribution in [-0.2, 0) is 22.6 Å². The Bertz CT molecular complexity index is 1210. The summed E-state index contributed by atoms with van der Waals surface area (Å²) in [7, 11) is 0. The van der Waals surface area contributed by atoms with E-state index in [2.05, 4.69) is 15.6 Å². The zero-order valence-electron chi connectivity index (χ0n) is 17.9. The predicted molar refractivity (Wildman–Crippen MR) is 120 cm³/mol. The predicted octanol–water partition coefficient (Wildman–Crippen LogP) is 2.57. The molecule has 0 radical (unpaired) electrons. The van der Waals surface area contributed by atoms with E-state index in [-0.39, 0.29) is 24.2 Å². The molecule has 166 valence electrons. The molecule has 2 aromatic carbocycles. The molecule has 8 heteroatoms. The smallest absolute Gasteiger partial charge is 0.408 e. The topological polar surface area (TPSA) is 110 Å². The van der Waals surface area contributed by atoms with Crippen LogP contribution < -0.4 is 20.9 Å². The molecule has 0 saturated carbocycles. The van der Waals surface area contributed by atoms with Crippen molar-refractivity contribution in [2.24, 2.45) is 0 Å². The number of carbonyl (C=O) groups excluding carboxylic acids is 2. The Balaban J connectivity index is 1.28. The summed E-state index contributed by atoms with van der Waals surface area (Å²) in [5.74, 6) is 0.406. The number of aromatic nitrogens is 1. The number of nitrogens with one attached hydrogen (secondary N) is 3. The minimum absolute atomic E-state index is 0.133. The summed E-state index contributed by atoms with van der Waals surface area (Å²) >= 11 is 0. The molecule has 4 rings (SSSR count). The number of H-pyrrole nitrogens is 1. The minimum Gasteiger partial charge on any atom is -0.487 e. The lowest BCUT2D eigenvalue weighted by Gasteiger charge is -2.16. The summed E-state index contributed by atoms with van der Waals surface area (Å²) in [4.78, 5) is 38.9. The van der Waals surface area contributed by atoms with Crippen molar-refractivity contribution in [3.05, 3.63) is 75.6 Å². The van der Waals surface area contributed by atoms with Gasteiger partial charge in [0.2, 0.25) is 11.5 Å². The van der Waals surface area contributed by atoms with E-state index in [1.165, 1.54) is 6.07 Å². The second-order valence-electron chi connectivity index (χ2n) is 7.91. The molecule has 2 heterocycles. The number of alkyl carbamates (subject to hydrolysis) is 1. The lowest BCUT2D eigenvalue weighted by Crippen LogP contribution is -2.47. The summed E-state index contributed by atoms with van der Waals surface area (Å²) in [5, 5.41) is 6.20. The highest BCUT2D eigenvalue weighted by Gasteiger charge is 2.27. The van der Waals surface area contributed by atoms with E-state index in [1.807, 2.05) is 43.3 Å². The third kappa shape index (κ3) is 4.74. The highest BCUT2D eigenvalue weighted by molar-refractivity contribution is 5.89. The van der Waals surface area contributed by atoms with Gasteiger partial charge in [0, 0.05) is 17.9 Å². The Kier molecular flexibility index (Phi) is 6.11. The van der Waals surface area contributed by atoms with Crippen LogP contribution in [0, 0.1) is 6.92 Å². The summed E-state index contributed by atoms with van der Waals surface area (Å²) in [6, 6.07) is 13.8. The molecule has 2 amide bonds. The fraction of sp³-hybridized carbons (Fsp3) is 0.292. The number of fused-ring (bicyclic) bond motifs is 3. The van der Waals surface area contributed by atoms with Crippen molar-refractivity contribution >= 4 is 22.9 Å². The summed E-state index contributed by atoms with van der Waals surface area (Å²) in [5.41, 5.74) is 3.47. The molecule has 8 nitrogen and oxygen atoms in total. The van der Waals surface area contributed by atoms with Crippen LogP contribution in [-0.4, -0.2) is 35.7 Å². The first-order valence-electron chi connectivity index (χ1n) is 10.5. The van der Waals surface area contributed by atoms with Gasteiger partial charge in [-0.1, -0.05) is 36.4 Å². The fourth-order valence-electron chi connectivity index (χ4n) is 3.78. The van der Waals surface area contributed by atoms with Gasteiger partial charge in [0.15, 0.2) is 0 Å². The average Bonchev–Trinajstić information content (AvgIpc) is 3.19. The van der Waals surface area contributed by atoms with Crippen LogP contribution in [0.3, 0.4) is 0 Å². The van der Waals surface area contributed by atoms with E-state index in [0.717, 1.165) is 33.3 Å². The maximum Gasteiger partial charge on any atom is 0.408 e.